The second-order valence-electron chi connectivity index (χ2n) is 11.4. The molecule has 2 aliphatic carbocycles. The zero-order valence-electron chi connectivity index (χ0n) is 24.4. The molecule has 0 aliphatic heterocycles. The topological polar surface area (TPSA) is 158 Å². The minimum absolute atomic E-state index is 0.0110. The van der Waals surface area contributed by atoms with Gasteiger partial charge in [0.2, 0.25) is 0 Å². The first kappa shape index (κ1) is 30.1. The molecule has 5 N–H and O–H groups in total. The van der Waals surface area contributed by atoms with Gasteiger partial charge in [-0.2, -0.15) is 0 Å². The van der Waals surface area contributed by atoms with E-state index in [0.717, 1.165) is 5.76 Å². The summed E-state index contributed by atoms with van der Waals surface area (Å²) in [7, 11) is 5.35. The van der Waals surface area contributed by atoms with E-state index in [1.54, 1.807) is 32.0 Å². The lowest BCUT2D eigenvalue weighted by atomic mass is 9.68. The third-order valence-electron chi connectivity index (χ3n) is 8.41. The summed E-state index contributed by atoms with van der Waals surface area (Å²) in [6, 6.07) is 6.43. The Bertz CT molecular complexity index is 1450. The van der Waals surface area contributed by atoms with E-state index in [4.69, 9.17) is 10.2 Å². The van der Waals surface area contributed by atoms with Crippen molar-refractivity contribution >= 4 is 23.2 Å². The van der Waals surface area contributed by atoms with Gasteiger partial charge in [-0.05, 0) is 83.6 Å². The van der Waals surface area contributed by atoms with Crippen LogP contribution in [0, 0.1) is 11.8 Å². The molecule has 1 heterocycles. The highest BCUT2D eigenvalue weighted by molar-refractivity contribution is 6.28. The molecule has 41 heavy (non-hydrogen) atoms. The zero-order chi connectivity index (χ0) is 30.3. The minimum atomic E-state index is -1.33. The maximum absolute atomic E-state index is 14.0. The van der Waals surface area contributed by atoms with Crippen molar-refractivity contribution in [2.45, 2.75) is 58.7 Å². The van der Waals surface area contributed by atoms with E-state index in [1.165, 1.54) is 6.07 Å². The molecule has 0 radical (unpaired) electrons. The van der Waals surface area contributed by atoms with Crippen LogP contribution in [0.3, 0.4) is 0 Å². The Morgan fingerprint density at radius 1 is 1.07 bits per heavy atom. The highest BCUT2D eigenvalue weighted by Gasteiger charge is 2.50. The van der Waals surface area contributed by atoms with Crippen LogP contribution in [0.15, 0.2) is 45.6 Å². The number of benzene rings is 1. The van der Waals surface area contributed by atoms with Crippen LogP contribution < -0.4 is 5.73 Å². The predicted molar refractivity (Wildman–Crippen MR) is 154 cm³/mol. The number of phenolic OH excluding ortho intramolecular Hbond substituents is 1. The molecular weight excluding hydrogens is 526 g/mol. The maximum Gasteiger partial charge on any atom is 0.255 e. The molecule has 0 spiro atoms. The van der Waals surface area contributed by atoms with Crippen LogP contribution in [0.5, 0.6) is 5.75 Å². The summed E-state index contributed by atoms with van der Waals surface area (Å²) in [6.07, 6.45) is 0.741. The molecule has 1 aromatic heterocycles. The molecule has 0 saturated heterocycles. The number of amides is 1. The standard InChI is InChI=1S/C31H39N3O7/c1-7-17-24(29(38)25(31(32)40)30(39)26(17)33(4)5)28(37)20-10-9-19-18(11-12-21(35)23(19)27(20)36)22-13-8-16(41-22)14-34(6)15(2)3/h8,11-13,15,17,24,26,35-36,39H,7,9-10,14H2,1-6H3,(H2,32,40)/t17?,24?,26-/m0/s1. The molecule has 1 aromatic carbocycles. The first-order chi connectivity index (χ1) is 19.3. The number of primary amides is 1. The average molecular weight is 566 g/mol. The monoisotopic (exact) mass is 565 g/mol. The van der Waals surface area contributed by atoms with Gasteiger partial charge < -0.3 is 25.5 Å². The number of hydrogen-bond donors (Lipinski definition) is 4. The number of ketones is 2. The van der Waals surface area contributed by atoms with Crippen molar-refractivity contribution in [1.29, 1.82) is 0 Å². The third kappa shape index (κ3) is 5.29. The summed E-state index contributed by atoms with van der Waals surface area (Å²) in [4.78, 5) is 43.4. The van der Waals surface area contributed by atoms with E-state index in [2.05, 4.69) is 18.7 Å². The van der Waals surface area contributed by atoms with E-state index in [-0.39, 0.29) is 23.3 Å². The second-order valence-corrected chi connectivity index (χ2v) is 11.4. The molecule has 0 bridgehead atoms. The van der Waals surface area contributed by atoms with Gasteiger partial charge in [-0.3, -0.25) is 24.2 Å². The number of likely N-dealkylation sites (N-methyl/N-ethyl adjacent to an activating group) is 1. The fourth-order valence-electron chi connectivity index (χ4n) is 6.03. The molecule has 0 saturated carbocycles. The quantitative estimate of drug-likeness (QED) is 0.263. The molecule has 2 aliphatic rings. The highest BCUT2D eigenvalue weighted by atomic mass is 16.3. The number of allylic oxidation sites excluding steroid dienone is 1. The van der Waals surface area contributed by atoms with E-state index >= 15 is 0 Å². The number of rotatable bonds is 9. The van der Waals surface area contributed by atoms with Gasteiger partial charge in [-0.25, -0.2) is 0 Å². The largest absolute Gasteiger partial charge is 0.510 e. The molecule has 2 unspecified atom stereocenters. The first-order valence-corrected chi connectivity index (χ1v) is 13.8. The van der Waals surface area contributed by atoms with Crippen LogP contribution in [0.1, 0.15) is 50.5 Å². The summed E-state index contributed by atoms with van der Waals surface area (Å²) < 4.78 is 6.11. The number of aromatic hydroxyl groups is 1. The van der Waals surface area contributed by atoms with Crippen LogP contribution >= 0.6 is 0 Å². The second kappa shape index (κ2) is 11.5. The van der Waals surface area contributed by atoms with Crippen molar-refractivity contribution < 1.29 is 34.1 Å². The van der Waals surface area contributed by atoms with E-state index in [0.29, 0.717) is 42.3 Å². The Morgan fingerprint density at radius 3 is 2.34 bits per heavy atom. The van der Waals surface area contributed by atoms with Crippen molar-refractivity contribution in [3.63, 3.8) is 0 Å². The number of nitrogens with zero attached hydrogens (tertiary/aromatic N) is 2. The van der Waals surface area contributed by atoms with Gasteiger partial charge in [0, 0.05) is 17.2 Å². The molecule has 10 heteroatoms. The number of phenols is 1. The summed E-state index contributed by atoms with van der Waals surface area (Å²) in [5.41, 5.74) is 6.27. The summed E-state index contributed by atoms with van der Waals surface area (Å²) in [6.45, 7) is 6.58. The van der Waals surface area contributed by atoms with E-state index in [1.807, 2.05) is 19.2 Å². The third-order valence-corrected chi connectivity index (χ3v) is 8.41. The molecule has 10 nitrogen and oxygen atoms in total. The van der Waals surface area contributed by atoms with Gasteiger partial charge in [-0.1, -0.05) is 13.3 Å². The Hall–Kier alpha value is -3.89. The Balaban J connectivity index is 1.77. The summed E-state index contributed by atoms with van der Waals surface area (Å²) >= 11 is 0. The van der Waals surface area contributed by atoms with Crippen molar-refractivity contribution in [2.24, 2.45) is 17.6 Å². The predicted octanol–water partition coefficient (Wildman–Crippen LogP) is 3.73. The van der Waals surface area contributed by atoms with Crippen LogP contribution in [0.4, 0.5) is 0 Å². The number of aliphatic hydroxyl groups is 2. The van der Waals surface area contributed by atoms with Crippen molar-refractivity contribution in [3.8, 4) is 17.1 Å². The summed E-state index contributed by atoms with van der Waals surface area (Å²) in [5, 5.41) is 33.0. The smallest absolute Gasteiger partial charge is 0.255 e. The lowest BCUT2D eigenvalue weighted by Gasteiger charge is -2.40. The zero-order valence-corrected chi connectivity index (χ0v) is 24.4. The van der Waals surface area contributed by atoms with Crippen molar-refractivity contribution in [2.75, 3.05) is 21.1 Å². The number of furan rings is 1. The van der Waals surface area contributed by atoms with Gasteiger partial charge in [0.1, 0.15) is 34.4 Å². The lowest BCUT2D eigenvalue weighted by Crippen LogP contribution is -2.52. The number of nitrogens with two attached hydrogens (primary N) is 1. The minimum Gasteiger partial charge on any atom is -0.510 e. The Kier molecular flexibility index (Phi) is 8.46. The van der Waals surface area contributed by atoms with Crippen molar-refractivity contribution in [1.82, 2.24) is 9.80 Å². The van der Waals surface area contributed by atoms with Crippen LogP contribution in [0.2, 0.25) is 0 Å². The van der Waals surface area contributed by atoms with E-state index < -0.39 is 52.4 Å². The summed E-state index contributed by atoms with van der Waals surface area (Å²) in [5.74, 6) is -4.35. The Labute approximate surface area is 239 Å². The molecule has 3 atom stereocenters. The normalized spacial score (nSPS) is 21.3. The van der Waals surface area contributed by atoms with Gasteiger partial charge >= 0.3 is 0 Å². The molecule has 4 rings (SSSR count). The van der Waals surface area contributed by atoms with Crippen molar-refractivity contribution in [3.05, 3.63) is 58.1 Å². The highest BCUT2D eigenvalue weighted by Crippen LogP contribution is 2.44. The number of carbonyl (C=O) groups is 3. The van der Waals surface area contributed by atoms with Crippen LogP contribution in [0.25, 0.3) is 17.1 Å². The SMILES string of the molecule is CCC1C(C(=O)C2=C(O)c3c(O)ccc(-c4ccc(CN(C)C(C)C)o4)c3CC2)C(=O)C(C(N)=O)=C(O)[C@H]1N(C)C. The first-order valence-electron chi connectivity index (χ1n) is 13.8. The fraction of sp³-hybridized carbons (Fsp3) is 0.452. The number of Topliss-reactive ketones (excluding diaryl/α,β-unsaturated/α-hetero) is 2. The molecule has 0 fully saturated rings. The van der Waals surface area contributed by atoms with E-state index in [9.17, 15) is 29.7 Å². The average Bonchev–Trinajstić information content (AvgIpc) is 3.35. The van der Waals surface area contributed by atoms with Gasteiger partial charge in [0.15, 0.2) is 11.6 Å². The molecule has 1 amide bonds. The molecule has 2 aromatic rings. The number of carbonyl (C=O) groups excluding carboxylic acids is 3. The van der Waals surface area contributed by atoms with Crippen LogP contribution in [-0.4, -0.2) is 75.8 Å². The lowest BCUT2D eigenvalue weighted by molar-refractivity contribution is -0.134. The molecule has 220 valence electrons. The number of hydrogen-bond acceptors (Lipinski definition) is 9. The number of aliphatic hydroxyl groups excluding tert-OH is 2. The Morgan fingerprint density at radius 2 is 1.76 bits per heavy atom. The van der Waals surface area contributed by atoms with Gasteiger partial charge in [-0.15, -0.1) is 0 Å². The maximum atomic E-state index is 14.0. The van der Waals surface area contributed by atoms with Gasteiger partial charge in [0.25, 0.3) is 5.91 Å². The number of fused-ring (bicyclic) bond motifs is 1. The molecular formula is C31H39N3O7. The van der Waals surface area contributed by atoms with Crippen LogP contribution in [-0.2, 0) is 27.3 Å². The van der Waals surface area contributed by atoms with Gasteiger partial charge in [0.05, 0.1) is 24.1 Å². The fourth-order valence-corrected chi connectivity index (χ4v) is 6.03.